The highest BCUT2D eigenvalue weighted by molar-refractivity contribution is 6.03. The number of amides is 1. The van der Waals surface area contributed by atoms with Crippen LogP contribution < -0.4 is 5.32 Å². The Hall–Kier alpha value is -2.95. The van der Waals surface area contributed by atoms with Crippen molar-refractivity contribution in [2.75, 3.05) is 5.32 Å². The Morgan fingerprint density at radius 2 is 1.90 bits per heavy atom. The summed E-state index contributed by atoms with van der Waals surface area (Å²) in [5, 5.41) is 2.57. The average molecular weight is 265 g/mol. The smallest absolute Gasteiger partial charge is 0.301 e. The van der Waals surface area contributed by atoms with E-state index in [0.29, 0.717) is 5.56 Å². The minimum absolute atomic E-state index is 0.174. The highest BCUT2D eigenvalue weighted by Crippen LogP contribution is 2.17. The molecule has 2 heterocycles. The zero-order chi connectivity index (χ0) is 13.8. The van der Waals surface area contributed by atoms with Crippen molar-refractivity contribution in [2.24, 2.45) is 0 Å². The number of pyridine rings is 1. The van der Waals surface area contributed by atoms with Crippen LogP contribution in [-0.4, -0.2) is 15.9 Å². The number of anilines is 1. The first-order valence-corrected chi connectivity index (χ1v) is 6.05. The summed E-state index contributed by atoms with van der Waals surface area (Å²) in [5.41, 5.74) is 2.20. The van der Waals surface area contributed by atoms with Gasteiger partial charge in [0.15, 0.2) is 0 Å². The van der Waals surface area contributed by atoms with Gasteiger partial charge in [-0.25, -0.2) is 4.98 Å². The monoisotopic (exact) mass is 265 g/mol. The lowest BCUT2D eigenvalue weighted by molar-refractivity contribution is 0.102. The number of benzene rings is 1. The molecule has 1 amide bonds. The quantitative estimate of drug-likeness (QED) is 0.790. The zero-order valence-corrected chi connectivity index (χ0v) is 10.5. The second-order valence-electron chi connectivity index (χ2n) is 4.09. The summed E-state index contributed by atoms with van der Waals surface area (Å²) in [6, 6.07) is 13.2. The third kappa shape index (κ3) is 2.56. The van der Waals surface area contributed by atoms with Crippen LogP contribution in [0.15, 0.2) is 65.5 Å². The van der Waals surface area contributed by atoms with Crippen LogP contribution in [0, 0.1) is 0 Å². The van der Waals surface area contributed by atoms with Gasteiger partial charge in [-0.2, -0.15) is 0 Å². The summed E-state index contributed by atoms with van der Waals surface area (Å²) < 4.78 is 4.98. The molecule has 20 heavy (non-hydrogen) atoms. The minimum atomic E-state index is -0.285. The van der Waals surface area contributed by atoms with Crippen molar-refractivity contribution in [3.8, 4) is 11.3 Å². The van der Waals surface area contributed by atoms with E-state index in [1.807, 2.05) is 30.3 Å². The third-order valence-corrected chi connectivity index (χ3v) is 2.74. The fourth-order valence-corrected chi connectivity index (χ4v) is 1.79. The fourth-order valence-electron chi connectivity index (χ4n) is 1.79. The number of hydrogen-bond acceptors (Lipinski definition) is 4. The maximum atomic E-state index is 12.1. The molecule has 0 radical (unpaired) electrons. The van der Waals surface area contributed by atoms with E-state index in [1.165, 1.54) is 12.5 Å². The molecular formula is C15H11N3O2. The van der Waals surface area contributed by atoms with Crippen LogP contribution >= 0.6 is 0 Å². The second-order valence-corrected chi connectivity index (χ2v) is 4.09. The molecule has 0 atom stereocenters. The number of nitrogens with one attached hydrogen (secondary N) is 1. The Morgan fingerprint density at radius 3 is 2.65 bits per heavy atom. The molecule has 0 fully saturated rings. The van der Waals surface area contributed by atoms with Gasteiger partial charge >= 0.3 is 6.01 Å². The number of nitrogens with zero attached hydrogens (tertiary/aromatic N) is 2. The van der Waals surface area contributed by atoms with Crippen molar-refractivity contribution < 1.29 is 9.21 Å². The molecular weight excluding hydrogens is 254 g/mol. The first-order chi connectivity index (χ1) is 9.83. The topological polar surface area (TPSA) is 68.0 Å². The summed E-state index contributed by atoms with van der Waals surface area (Å²) in [7, 11) is 0. The van der Waals surface area contributed by atoms with Gasteiger partial charge in [0.2, 0.25) is 0 Å². The molecule has 5 nitrogen and oxygen atoms in total. The third-order valence-electron chi connectivity index (χ3n) is 2.74. The van der Waals surface area contributed by atoms with Crippen molar-refractivity contribution in [1.29, 1.82) is 0 Å². The van der Waals surface area contributed by atoms with Crippen LogP contribution in [0.4, 0.5) is 6.01 Å². The lowest BCUT2D eigenvalue weighted by Crippen LogP contribution is -2.12. The first kappa shape index (κ1) is 12.1. The molecule has 0 aliphatic heterocycles. The largest absolute Gasteiger partial charge is 0.432 e. The summed E-state index contributed by atoms with van der Waals surface area (Å²) in [4.78, 5) is 20.2. The number of hydrogen-bond donors (Lipinski definition) is 1. The SMILES string of the molecule is O=C(Nc1ncco1)c1ccnc(-c2ccccc2)c1. The van der Waals surface area contributed by atoms with Gasteiger partial charge in [0.05, 0.1) is 11.9 Å². The molecule has 0 saturated heterocycles. The lowest BCUT2D eigenvalue weighted by atomic mass is 10.1. The highest BCUT2D eigenvalue weighted by atomic mass is 16.4. The number of carbonyl (C=O) groups is 1. The standard InChI is InChI=1S/C15H11N3O2/c19-14(18-15-17-8-9-20-15)12-6-7-16-13(10-12)11-4-2-1-3-5-11/h1-10H,(H,17,18,19). The predicted molar refractivity (Wildman–Crippen MR) is 74.1 cm³/mol. The molecule has 1 N–H and O–H groups in total. The van der Waals surface area contributed by atoms with Gasteiger partial charge in [0.25, 0.3) is 5.91 Å². The molecule has 0 saturated carbocycles. The van der Waals surface area contributed by atoms with E-state index >= 15 is 0 Å². The molecule has 5 heteroatoms. The number of rotatable bonds is 3. The molecule has 3 aromatic rings. The van der Waals surface area contributed by atoms with Crippen molar-refractivity contribution in [2.45, 2.75) is 0 Å². The van der Waals surface area contributed by atoms with E-state index < -0.39 is 0 Å². The van der Waals surface area contributed by atoms with Crippen molar-refractivity contribution in [3.63, 3.8) is 0 Å². The van der Waals surface area contributed by atoms with Crippen molar-refractivity contribution >= 4 is 11.9 Å². The van der Waals surface area contributed by atoms with E-state index in [0.717, 1.165) is 11.3 Å². The van der Waals surface area contributed by atoms with Gasteiger partial charge in [-0.1, -0.05) is 30.3 Å². The summed E-state index contributed by atoms with van der Waals surface area (Å²) in [6.45, 7) is 0. The van der Waals surface area contributed by atoms with Crippen LogP contribution in [0.5, 0.6) is 0 Å². The molecule has 98 valence electrons. The van der Waals surface area contributed by atoms with Gasteiger partial charge in [-0.3, -0.25) is 15.1 Å². The maximum absolute atomic E-state index is 12.1. The summed E-state index contributed by atoms with van der Waals surface area (Å²) >= 11 is 0. The second kappa shape index (κ2) is 5.36. The normalized spacial score (nSPS) is 10.2. The van der Waals surface area contributed by atoms with Crippen LogP contribution in [0.3, 0.4) is 0 Å². The number of carbonyl (C=O) groups excluding carboxylic acids is 1. The van der Waals surface area contributed by atoms with Crippen LogP contribution in [0.1, 0.15) is 10.4 Å². The highest BCUT2D eigenvalue weighted by Gasteiger charge is 2.10. The van der Waals surface area contributed by atoms with E-state index in [1.54, 1.807) is 18.3 Å². The van der Waals surface area contributed by atoms with Crippen molar-refractivity contribution in [1.82, 2.24) is 9.97 Å². The summed E-state index contributed by atoms with van der Waals surface area (Å²) in [5.74, 6) is -0.285. The van der Waals surface area contributed by atoms with E-state index in [9.17, 15) is 4.79 Å². The molecule has 1 aromatic carbocycles. The molecule has 0 aliphatic rings. The van der Waals surface area contributed by atoms with Crippen LogP contribution in [0.25, 0.3) is 11.3 Å². The predicted octanol–water partition coefficient (Wildman–Crippen LogP) is 2.99. The molecule has 0 bridgehead atoms. The number of aromatic nitrogens is 2. The Kier molecular flexibility index (Phi) is 3.24. The maximum Gasteiger partial charge on any atom is 0.301 e. The fraction of sp³-hybridized carbons (Fsp3) is 0. The molecule has 2 aromatic heterocycles. The first-order valence-electron chi connectivity index (χ1n) is 6.05. The van der Waals surface area contributed by atoms with E-state index in [4.69, 9.17) is 4.42 Å². The van der Waals surface area contributed by atoms with Gasteiger partial charge < -0.3 is 4.42 Å². The number of oxazole rings is 1. The average Bonchev–Trinajstić information content (AvgIpc) is 3.01. The van der Waals surface area contributed by atoms with Gasteiger partial charge in [0, 0.05) is 17.3 Å². The van der Waals surface area contributed by atoms with Gasteiger partial charge in [-0.05, 0) is 12.1 Å². The Bertz CT molecular complexity index is 709. The minimum Gasteiger partial charge on any atom is -0.432 e. The Balaban J connectivity index is 1.86. The van der Waals surface area contributed by atoms with Crippen LogP contribution in [0.2, 0.25) is 0 Å². The zero-order valence-electron chi connectivity index (χ0n) is 10.5. The van der Waals surface area contributed by atoms with Crippen molar-refractivity contribution in [3.05, 3.63) is 66.7 Å². The molecule has 3 rings (SSSR count). The van der Waals surface area contributed by atoms with Gasteiger partial charge in [-0.15, -0.1) is 0 Å². The molecule has 0 aliphatic carbocycles. The Morgan fingerprint density at radius 1 is 1.05 bits per heavy atom. The van der Waals surface area contributed by atoms with E-state index in [2.05, 4.69) is 15.3 Å². The van der Waals surface area contributed by atoms with Crippen LogP contribution in [-0.2, 0) is 0 Å². The molecule has 0 unspecified atom stereocenters. The Labute approximate surface area is 115 Å². The van der Waals surface area contributed by atoms with E-state index in [-0.39, 0.29) is 11.9 Å². The lowest BCUT2D eigenvalue weighted by Gasteiger charge is -2.04. The summed E-state index contributed by atoms with van der Waals surface area (Å²) in [6.07, 6.45) is 4.47. The van der Waals surface area contributed by atoms with Gasteiger partial charge in [0.1, 0.15) is 6.26 Å². The molecule has 0 spiro atoms.